The fourth-order valence-electron chi connectivity index (χ4n) is 0.908. The highest BCUT2D eigenvalue weighted by atomic mass is 35.5. The molecule has 1 atom stereocenters. The van der Waals surface area contributed by atoms with Crippen molar-refractivity contribution in [2.24, 2.45) is 10.9 Å². The number of halogens is 2. The van der Waals surface area contributed by atoms with Crippen molar-refractivity contribution >= 4 is 29.0 Å². The molecule has 1 unspecified atom stereocenters. The van der Waals surface area contributed by atoms with E-state index in [9.17, 15) is 5.11 Å². The molecule has 1 aromatic carbocycles. The summed E-state index contributed by atoms with van der Waals surface area (Å²) in [6.45, 7) is 0. The first-order valence-electron chi connectivity index (χ1n) is 3.66. The van der Waals surface area contributed by atoms with Gasteiger partial charge in [-0.15, -0.1) is 0 Å². The Balaban J connectivity index is 3.03. The average Bonchev–Trinajstić information content (AvgIpc) is 2.20. The first-order chi connectivity index (χ1) is 6.56. The molecule has 0 fully saturated rings. The van der Waals surface area contributed by atoms with E-state index in [1.807, 2.05) is 0 Å². The van der Waals surface area contributed by atoms with Crippen LogP contribution < -0.4 is 5.73 Å². The van der Waals surface area contributed by atoms with Gasteiger partial charge in [0.05, 0.1) is 10.0 Å². The summed E-state index contributed by atoms with van der Waals surface area (Å²) < 4.78 is 0. The minimum absolute atomic E-state index is 0.300. The van der Waals surface area contributed by atoms with Crippen LogP contribution in [0.15, 0.2) is 23.4 Å². The highest BCUT2D eigenvalue weighted by Crippen LogP contribution is 2.25. The maximum absolute atomic E-state index is 9.49. The third-order valence-electron chi connectivity index (χ3n) is 1.66. The van der Waals surface area contributed by atoms with Crippen LogP contribution in [-0.4, -0.2) is 16.1 Å². The molecule has 6 heteroatoms. The number of rotatable bonds is 2. The van der Waals surface area contributed by atoms with E-state index in [1.54, 1.807) is 0 Å². The molecule has 4 N–H and O–H groups in total. The predicted octanol–water partition coefficient (Wildman–Crippen LogP) is 1.77. The second-order valence-electron chi connectivity index (χ2n) is 2.60. The van der Waals surface area contributed by atoms with E-state index in [-0.39, 0.29) is 5.84 Å². The maximum atomic E-state index is 9.49. The Labute approximate surface area is 90.5 Å². The van der Waals surface area contributed by atoms with Gasteiger partial charge in [0.25, 0.3) is 0 Å². The quantitative estimate of drug-likeness (QED) is 0.316. The van der Waals surface area contributed by atoms with E-state index in [0.717, 1.165) is 0 Å². The van der Waals surface area contributed by atoms with E-state index in [0.29, 0.717) is 15.6 Å². The van der Waals surface area contributed by atoms with Gasteiger partial charge in [0, 0.05) is 0 Å². The Hall–Kier alpha value is -0.970. The summed E-state index contributed by atoms with van der Waals surface area (Å²) in [6, 6.07) is 4.51. The van der Waals surface area contributed by atoms with Crippen molar-refractivity contribution in [1.29, 1.82) is 0 Å². The molecule has 0 aromatic heterocycles. The summed E-state index contributed by atoms with van der Waals surface area (Å²) in [4.78, 5) is 0. The van der Waals surface area contributed by atoms with E-state index in [4.69, 9.17) is 34.1 Å². The summed E-state index contributed by atoms with van der Waals surface area (Å²) in [6.07, 6.45) is -1.19. The molecule has 0 saturated heterocycles. The Morgan fingerprint density at radius 1 is 1.36 bits per heavy atom. The van der Waals surface area contributed by atoms with Crippen molar-refractivity contribution in [3.63, 3.8) is 0 Å². The lowest BCUT2D eigenvalue weighted by molar-refractivity contribution is 0.233. The molecule has 0 radical (unpaired) electrons. The van der Waals surface area contributed by atoms with Crippen LogP contribution in [0.5, 0.6) is 0 Å². The van der Waals surface area contributed by atoms with Crippen LogP contribution in [-0.2, 0) is 0 Å². The zero-order chi connectivity index (χ0) is 10.7. The van der Waals surface area contributed by atoms with Crippen LogP contribution in [0, 0.1) is 0 Å². The second kappa shape index (κ2) is 4.50. The Kier molecular flexibility index (Phi) is 3.57. The SMILES string of the molecule is N/C(=N/O)C(O)c1ccc(Cl)c(Cl)c1. The van der Waals surface area contributed by atoms with Crippen molar-refractivity contribution in [2.45, 2.75) is 6.10 Å². The first kappa shape index (κ1) is 11.1. The van der Waals surface area contributed by atoms with Gasteiger partial charge in [-0.05, 0) is 17.7 Å². The van der Waals surface area contributed by atoms with Crippen molar-refractivity contribution < 1.29 is 10.3 Å². The number of hydrogen-bond acceptors (Lipinski definition) is 3. The lowest BCUT2D eigenvalue weighted by Crippen LogP contribution is -2.21. The highest BCUT2D eigenvalue weighted by Gasteiger charge is 2.13. The Morgan fingerprint density at radius 2 is 2.00 bits per heavy atom. The predicted molar refractivity (Wildman–Crippen MR) is 54.8 cm³/mol. The van der Waals surface area contributed by atoms with Crippen molar-refractivity contribution in [1.82, 2.24) is 0 Å². The molecule has 0 spiro atoms. The van der Waals surface area contributed by atoms with Crippen molar-refractivity contribution in [2.75, 3.05) is 0 Å². The second-order valence-corrected chi connectivity index (χ2v) is 3.42. The summed E-state index contributed by atoms with van der Waals surface area (Å²) in [5.74, 6) is -0.302. The fraction of sp³-hybridized carbons (Fsp3) is 0.125. The molecule has 0 amide bonds. The number of hydrogen-bond donors (Lipinski definition) is 3. The van der Waals surface area contributed by atoms with Crippen LogP contribution in [0.25, 0.3) is 0 Å². The largest absolute Gasteiger partial charge is 0.409 e. The van der Waals surface area contributed by atoms with Crippen molar-refractivity contribution in [3.05, 3.63) is 33.8 Å². The average molecular weight is 235 g/mol. The summed E-state index contributed by atoms with van der Waals surface area (Å²) in [7, 11) is 0. The van der Waals surface area contributed by atoms with Gasteiger partial charge < -0.3 is 16.0 Å². The molecule has 0 saturated carbocycles. The monoisotopic (exact) mass is 234 g/mol. The van der Waals surface area contributed by atoms with Gasteiger partial charge in [-0.25, -0.2) is 0 Å². The summed E-state index contributed by atoms with van der Waals surface area (Å²) in [5.41, 5.74) is 5.62. The van der Waals surface area contributed by atoms with Crippen LogP contribution in [0.1, 0.15) is 11.7 Å². The standard InChI is InChI=1S/C8H8Cl2N2O2/c9-5-2-1-4(3-6(5)10)7(13)8(11)12-14/h1-3,7,13-14H,(H2,11,12). The van der Waals surface area contributed by atoms with E-state index in [1.165, 1.54) is 18.2 Å². The lowest BCUT2D eigenvalue weighted by atomic mass is 10.1. The van der Waals surface area contributed by atoms with Crippen LogP contribution in [0.2, 0.25) is 10.0 Å². The molecular weight excluding hydrogens is 227 g/mol. The van der Waals surface area contributed by atoms with E-state index < -0.39 is 6.10 Å². The van der Waals surface area contributed by atoms with E-state index >= 15 is 0 Å². The summed E-state index contributed by atoms with van der Waals surface area (Å²) >= 11 is 11.4. The van der Waals surface area contributed by atoms with Gasteiger partial charge in [0.15, 0.2) is 5.84 Å². The zero-order valence-electron chi connectivity index (χ0n) is 6.98. The molecule has 0 aliphatic heterocycles. The molecule has 4 nitrogen and oxygen atoms in total. The number of amidine groups is 1. The van der Waals surface area contributed by atoms with Crippen LogP contribution in [0.3, 0.4) is 0 Å². The Morgan fingerprint density at radius 3 is 2.50 bits per heavy atom. The minimum atomic E-state index is -1.19. The normalized spacial score (nSPS) is 14.1. The van der Waals surface area contributed by atoms with Crippen LogP contribution >= 0.6 is 23.2 Å². The fourth-order valence-corrected chi connectivity index (χ4v) is 1.21. The zero-order valence-corrected chi connectivity index (χ0v) is 8.50. The van der Waals surface area contributed by atoms with Gasteiger partial charge in [-0.2, -0.15) is 0 Å². The van der Waals surface area contributed by atoms with Crippen LogP contribution in [0.4, 0.5) is 0 Å². The Bertz CT molecular complexity index is 368. The molecule has 1 rings (SSSR count). The molecule has 76 valence electrons. The van der Waals surface area contributed by atoms with Gasteiger partial charge in [-0.3, -0.25) is 0 Å². The minimum Gasteiger partial charge on any atom is -0.409 e. The number of oxime groups is 1. The molecule has 0 aliphatic carbocycles. The smallest absolute Gasteiger partial charge is 0.172 e. The number of aliphatic hydroxyl groups is 1. The molecule has 0 aliphatic rings. The molecule has 1 aromatic rings. The number of nitrogens with zero attached hydrogens (tertiary/aromatic N) is 1. The third kappa shape index (κ3) is 2.29. The summed E-state index contributed by atoms with van der Waals surface area (Å²) in [5, 5.41) is 21.2. The highest BCUT2D eigenvalue weighted by molar-refractivity contribution is 6.42. The van der Waals surface area contributed by atoms with Gasteiger partial charge in [0.2, 0.25) is 0 Å². The number of nitrogens with two attached hydrogens (primary N) is 1. The molecule has 0 heterocycles. The van der Waals surface area contributed by atoms with E-state index in [2.05, 4.69) is 5.16 Å². The third-order valence-corrected chi connectivity index (χ3v) is 2.39. The lowest BCUT2D eigenvalue weighted by Gasteiger charge is -2.09. The topological polar surface area (TPSA) is 78.8 Å². The van der Waals surface area contributed by atoms with Crippen molar-refractivity contribution in [3.8, 4) is 0 Å². The number of benzene rings is 1. The number of aliphatic hydroxyl groups excluding tert-OH is 1. The molecular formula is C8H8Cl2N2O2. The van der Waals surface area contributed by atoms with Gasteiger partial charge in [0.1, 0.15) is 6.10 Å². The molecule has 14 heavy (non-hydrogen) atoms. The molecule has 0 bridgehead atoms. The maximum Gasteiger partial charge on any atom is 0.172 e. The van der Waals surface area contributed by atoms with Gasteiger partial charge in [-0.1, -0.05) is 34.4 Å². The first-order valence-corrected chi connectivity index (χ1v) is 4.42. The van der Waals surface area contributed by atoms with Gasteiger partial charge >= 0.3 is 0 Å².